The van der Waals surface area contributed by atoms with Gasteiger partial charge < -0.3 is 4.18 Å². The van der Waals surface area contributed by atoms with Gasteiger partial charge in [-0.1, -0.05) is 23.7 Å². The summed E-state index contributed by atoms with van der Waals surface area (Å²) in [6.07, 6.45) is 1.59. The lowest BCUT2D eigenvalue weighted by molar-refractivity contribution is 0.594. The molecule has 1 aromatic rings. The van der Waals surface area contributed by atoms with Gasteiger partial charge in [0, 0.05) is 5.02 Å². The zero-order valence-electron chi connectivity index (χ0n) is 6.16. The molecule has 0 heterocycles. The fourth-order valence-electron chi connectivity index (χ4n) is 0.704. The molecule has 0 amide bonds. The highest BCUT2D eigenvalue weighted by Gasteiger charge is 1.93. The maximum absolute atomic E-state index is 8.07. The van der Waals surface area contributed by atoms with E-state index < -0.39 is 0 Å². The summed E-state index contributed by atoms with van der Waals surface area (Å²) in [5.41, 5.74) is 1.08. The molecule has 0 radical (unpaired) electrons. The Morgan fingerprint density at radius 3 is 2.67 bits per heavy atom. The van der Waals surface area contributed by atoms with Crippen molar-refractivity contribution in [2.24, 2.45) is 0 Å². The highest BCUT2D eigenvalue weighted by molar-refractivity contribution is 7.94. The van der Waals surface area contributed by atoms with E-state index in [-0.39, 0.29) is 0 Å². The second-order valence-corrected chi connectivity index (χ2v) is 3.19. The molecule has 4 heteroatoms. The standard InChI is InChI=1S/C8H6ClNOS/c9-8-3-1-7(2-4-8)5-12-11-6-10/h1-4H,5H2. The van der Waals surface area contributed by atoms with E-state index >= 15 is 0 Å². The largest absolute Gasteiger partial charge is 0.352 e. The van der Waals surface area contributed by atoms with E-state index in [1.54, 1.807) is 6.26 Å². The highest BCUT2D eigenvalue weighted by Crippen LogP contribution is 2.15. The van der Waals surface area contributed by atoms with Crippen LogP contribution in [0.3, 0.4) is 0 Å². The van der Waals surface area contributed by atoms with Gasteiger partial charge in [0.15, 0.2) is 0 Å². The molecule has 0 N–H and O–H groups in total. The van der Waals surface area contributed by atoms with Crippen LogP contribution in [0.25, 0.3) is 0 Å². The number of hydrogen-bond donors (Lipinski definition) is 0. The lowest BCUT2D eigenvalue weighted by atomic mass is 10.2. The molecule has 0 saturated heterocycles. The molecule has 12 heavy (non-hydrogen) atoms. The Balaban J connectivity index is 2.43. The Hall–Kier alpha value is -0.850. The number of nitrogens with zero attached hydrogens (tertiary/aromatic N) is 1. The number of hydrogen-bond acceptors (Lipinski definition) is 3. The molecule has 0 saturated carbocycles. The quantitative estimate of drug-likeness (QED) is 0.426. The van der Waals surface area contributed by atoms with Crippen LogP contribution in [0.1, 0.15) is 5.56 Å². The lowest BCUT2D eigenvalue weighted by Gasteiger charge is -1.96. The van der Waals surface area contributed by atoms with Gasteiger partial charge in [-0.25, -0.2) is 0 Å². The van der Waals surface area contributed by atoms with E-state index in [0.717, 1.165) is 17.6 Å². The van der Waals surface area contributed by atoms with E-state index in [2.05, 4.69) is 4.18 Å². The molecule has 1 aromatic carbocycles. The van der Waals surface area contributed by atoms with Gasteiger partial charge in [0.1, 0.15) is 0 Å². The first-order chi connectivity index (χ1) is 5.83. The Labute approximate surface area is 80.3 Å². The number of rotatable bonds is 3. The Morgan fingerprint density at radius 2 is 2.08 bits per heavy atom. The Bertz CT molecular complexity index is 280. The van der Waals surface area contributed by atoms with Crippen LogP contribution >= 0.6 is 23.6 Å². The number of nitriles is 1. The predicted molar refractivity (Wildman–Crippen MR) is 49.4 cm³/mol. The molecule has 62 valence electrons. The van der Waals surface area contributed by atoms with Crippen LogP contribution in [0.4, 0.5) is 0 Å². The average molecular weight is 200 g/mol. The van der Waals surface area contributed by atoms with Gasteiger partial charge >= 0.3 is 0 Å². The van der Waals surface area contributed by atoms with E-state index in [4.69, 9.17) is 16.9 Å². The summed E-state index contributed by atoms with van der Waals surface area (Å²) < 4.78 is 4.46. The maximum Gasteiger partial charge on any atom is 0.299 e. The van der Waals surface area contributed by atoms with Gasteiger partial charge in [0.25, 0.3) is 6.26 Å². The third kappa shape index (κ3) is 3.04. The van der Waals surface area contributed by atoms with E-state index in [1.807, 2.05) is 24.3 Å². The van der Waals surface area contributed by atoms with Crippen molar-refractivity contribution in [2.75, 3.05) is 0 Å². The first-order valence-corrected chi connectivity index (χ1v) is 4.54. The van der Waals surface area contributed by atoms with Crippen LogP contribution in [-0.4, -0.2) is 0 Å². The van der Waals surface area contributed by atoms with E-state index in [1.165, 1.54) is 0 Å². The molecule has 0 bridgehead atoms. The average Bonchev–Trinajstić information content (AvgIpc) is 2.09. The Morgan fingerprint density at radius 1 is 1.42 bits per heavy atom. The highest BCUT2D eigenvalue weighted by atomic mass is 35.5. The van der Waals surface area contributed by atoms with E-state index in [9.17, 15) is 0 Å². The Kier molecular flexibility index (Phi) is 3.78. The maximum atomic E-state index is 8.07. The lowest BCUT2D eigenvalue weighted by Crippen LogP contribution is -1.78. The summed E-state index contributed by atoms with van der Waals surface area (Å²) in [7, 11) is 0. The molecule has 1 rings (SSSR count). The summed E-state index contributed by atoms with van der Waals surface area (Å²) >= 11 is 6.79. The van der Waals surface area contributed by atoms with Crippen molar-refractivity contribution in [2.45, 2.75) is 5.75 Å². The van der Waals surface area contributed by atoms with Crippen LogP contribution < -0.4 is 0 Å². The van der Waals surface area contributed by atoms with Gasteiger partial charge in [-0.15, -0.1) is 5.26 Å². The van der Waals surface area contributed by atoms with Gasteiger partial charge in [0.2, 0.25) is 0 Å². The molecule has 0 fully saturated rings. The molecule has 0 aliphatic carbocycles. The van der Waals surface area contributed by atoms with Crippen molar-refractivity contribution in [1.29, 1.82) is 5.26 Å². The molecule has 0 unspecified atom stereocenters. The van der Waals surface area contributed by atoms with Gasteiger partial charge in [0.05, 0.1) is 17.8 Å². The first kappa shape index (κ1) is 9.24. The van der Waals surface area contributed by atoms with Crippen LogP contribution in [-0.2, 0) is 9.94 Å². The van der Waals surface area contributed by atoms with Crippen molar-refractivity contribution >= 4 is 23.6 Å². The SMILES string of the molecule is N#COSCc1ccc(Cl)cc1. The fourth-order valence-corrected chi connectivity index (χ4v) is 1.27. The zero-order valence-corrected chi connectivity index (χ0v) is 7.73. The van der Waals surface area contributed by atoms with Crippen LogP contribution in [0.5, 0.6) is 0 Å². The fraction of sp³-hybridized carbons (Fsp3) is 0.125. The normalized spacial score (nSPS) is 9.00. The molecular formula is C8H6ClNOS. The van der Waals surface area contributed by atoms with Crippen molar-refractivity contribution in [1.82, 2.24) is 0 Å². The topological polar surface area (TPSA) is 33.0 Å². The van der Waals surface area contributed by atoms with Crippen LogP contribution in [0.15, 0.2) is 24.3 Å². The molecule has 0 aromatic heterocycles. The molecule has 2 nitrogen and oxygen atoms in total. The summed E-state index contributed by atoms with van der Waals surface area (Å²) in [6, 6.07) is 7.42. The summed E-state index contributed by atoms with van der Waals surface area (Å²) in [5.74, 6) is 0.657. The molecule has 0 aliphatic rings. The first-order valence-electron chi connectivity index (χ1n) is 3.25. The van der Waals surface area contributed by atoms with Gasteiger partial charge in [-0.2, -0.15) is 0 Å². The molecule has 0 aliphatic heterocycles. The molecule has 0 spiro atoms. The zero-order chi connectivity index (χ0) is 8.81. The molecular weight excluding hydrogens is 194 g/mol. The van der Waals surface area contributed by atoms with Crippen molar-refractivity contribution in [3.05, 3.63) is 34.9 Å². The second kappa shape index (κ2) is 4.91. The van der Waals surface area contributed by atoms with Gasteiger partial charge in [-0.3, -0.25) is 0 Å². The third-order valence-electron chi connectivity index (χ3n) is 1.24. The van der Waals surface area contributed by atoms with Crippen LogP contribution in [0, 0.1) is 11.5 Å². The van der Waals surface area contributed by atoms with Crippen LogP contribution in [0.2, 0.25) is 5.02 Å². The second-order valence-electron chi connectivity index (χ2n) is 2.06. The van der Waals surface area contributed by atoms with Gasteiger partial charge in [-0.05, 0) is 17.7 Å². The summed E-state index contributed by atoms with van der Waals surface area (Å²) in [5, 5.41) is 8.79. The molecule has 0 atom stereocenters. The minimum absolute atomic E-state index is 0.657. The minimum atomic E-state index is 0.657. The predicted octanol–water partition coefficient (Wildman–Crippen LogP) is 2.99. The van der Waals surface area contributed by atoms with Crippen molar-refractivity contribution in [3.8, 4) is 6.26 Å². The smallest absolute Gasteiger partial charge is 0.299 e. The number of benzene rings is 1. The summed E-state index contributed by atoms with van der Waals surface area (Å²) in [4.78, 5) is 0. The van der Waals surface area contributed by atoms with Crippen molar-refractivity contribution in [3.63, 3.8) is 0 Å². The monoisotopic (exact) mass is 199 g/mol. The number of halogens is 1. The van der Waals surface area contributed by atoms with E-state index in [0.29, 0.717) is 10.8 Å². The minimum Gasteiger partial charge on any atom is -0.352 e. The van der Waals surface area contributed by atoms with Crippen molar-refractivity contribution < 1.29 is 4.18 Å². The third-order valence-corrected chi connectivity index (χ3v) is 2.13. The summed E-state index contributed by atoms with van der Waals surface area (Å²) in [6.45, 7) is 0.